The molecule has 0 spiro atoms. The van der Waals surface area contributed by atoms with E-state index in [-0.39, 0.29) is 5.56 Å². The molecule has 0 radical (unpaired) electrons. The molecular weight excluding hydrogens is 234 g/mol. The lowest BCUT2D eigenvalue weighted by Crippen LogP contribution is -2.24. The molecule has 0 saturated carbocycles. The number of hydrogen-bond donors (Lipinski definition) is 1. The molecule has 0 amide bonds. The molecule has 4 nitrogen and oxygen atoms in total. The van der Waals surface area contributed by atoms with Gasteiger partial charge in [0.2, 0.25) is 0 Å². The molecule has 17 heavy (non-hydrogen) atoms. The Kier molecular flexibility index (Phi) is 6.77. The number of nitrogens with zero attached hydrogens (tertiary/aromatic N) is 2. The Morgan fingerprint density at radius 3 is 3.00 bits per heavy atom. The maximum absolute atomic E-state index is 11.9. The van der Waals surface area contributed by atoms with E-state index < -0.39 is 0 Å². The van der Waals surface area contributed by atoms with Gasteiger partial charge in [0, 0.05) is 25.5 Å². The molecule has 96 valence electrons. The molecule has 1 N–H and O–H groups in total. The van der Waals surface area contributed by atoms with E-state index in [1.807, 2.05) is 11.8 Å². The van der Waals surface area contributed by atoms with Crippen LogP contribution in [0.4, 0.5) is 5.82 Å². The van der Waals surface area contributed by atoms with Crippen LogP contribution in [0.1, 0.15) is 26.2 Å². The molecular formula is C12H21N3OS. The number of thioether (sulfide) groups is 1. The highest BCUT2D eigenvalue weighted by atomic mass is 32.2. The van der Waals surface area contributed by atoms with Gasteiger partial charge in [-0.05, 0) is 31.3 Å². The van der Waals surface area contributed by atoms with Gasteiger partial charge in [-0.1, -0.05) is 6.92 Å². The van der Waals surface area contributed by atoms with Crippen LogP contribution < -0.4 is 10.9 Å². The monoisotopic (exact) mass is 255 g/mol. The van der Waals surface area contributed by atoms with Crippen LogP contribution >= 0.6 is 11.8 Å². The normalized spacial score (nSPS) is 10.5. The van der Waals surface area contributed by atoms with Gasteiger partial charge in [0.15, 0.2) is 5.82 Å². The Bertz CT molecular complexity index is 378. The summed E-state index contributed by atoms with van der Waals surface area (Å²) < 4.78 is 1.71. The molecule has 0 aliphatic rings. The van der Waals surface area contributed by atoms with Crippen LogP contribution in [0.3, 0.4) is 0 Å². The van der Waals surface area contributed by atoms with Crippen molar-refractivity contribution in [2.24, 2.45) is 0 Å². The van der Waals surface area contributed by atoms with Crippen LogP contribution in [0.5, 0.6) is 0 Å². The van der Waals surface area contributed by atoms with Crippen molar-refractivity contribution >= 4 is 17.6 Å². The van der Waals surface area contributed by atoms with Crippen molar-refractivity contribution in [2.45, 2.75) is 32.7 Å². The summed E-state index contributed by atoms with van der Waals surface area (Å²) in [5, 5.41) is 3.12. The fourth-order valence-electron chi connectivity index (χ4n) is 1.56. The zero-order valence-corrected chi connectivity index (χ0v) is 11.4. The molecule has 0 fully saturated rings. The van der Waals surface area contributed by atoms with Crippen LogP contribution in [0.2, 0.25) is 0 Å². The summed E-state index contributed by atoms with van der Waals surface area (Å²) >= 11 is 1.85. The number of aromatic nitrogens is 2. The third-order valence-electron chi connectivity index (χ3n) is 2.45. The van der Waals surface area contributed by atoms with Crippen molar-refractivity contribution in [1.29, 1.82) is 0 Å². The van der Waals surface area contributed by atoms with Crippen LogP contribution in [0.15, 0.2) is 17.2 Å². The first kappa shape index (κ1) is 14.1. The fraction of sp³-hybridized carbons (Fsp3) is 0.667. The standard InChI is InChI=1S/C12H21N3OS/c1-3-8-15-9-7-14-11(12(15)16)13-6-4-5-10-17-2/h7,9H,3-6,8,10H2,1-2H3,(H,13,14). The smallest absolute Gasteiger partial charge is 0.293 e. The first-order valence-electron chi connectivity index (χ1n) is 6.07. The molecule has 1 rings (SSSR count). The molecule has 0 saturated heterocycles. The number of nitrogens with one attached hydrogen (secondary N) is 1. The van der Waals surface area contributed by atoms with Crippen molar-refractivity contribution < 1.29 is 0 Å². The van der Waals surface area contributed by atoms with Gasteiger partial charge < -0.3 is 9.88 Å². The highest BCUT2D eigenvalue weighted by Gasteiger charge is 2.02. The predicted molar refractivity (Wildman–Crippen MR) is 74.9 cm³/mol. The minimum Gasteiger partial charge on any atom is -0.365 e. The van der Waals surface area contributed by atoms with Crippen LogP contribution in [-0.4, -0.2) is 28.1 Å². The zero-order chi connectivity index (χ0) is 12.5. The van der Waals surface area contributed by atoms with E-state index in [1.54, 1.807) is 17.0 Å². The summed E-state index contributed by atoms with van der Waals surface area (Å²) in [6.45, 7) is 3.63. The first-order chi connectivity index (χ1) is 8.29. The Morgan fingerprint density at radius 2 is 2.29 bits per heavy atom. The van der Waals surface area contributed by atoms with Crippen LogP contribution in [0.25, 0.3) is 0 Å². The average Bonchev–Trinajstić information content (AvgIpc) is 2.33. The van der Waals surface area contributed by atoms with Gasteiger partial charge in [0.05, 0.1) is 0 Å². The van der Waals surface area contributed by atoms with E-state index in [0.717, 1.165) is 25.9 Å². The second-order valence-corrected chi connectivity index (χ2v) is 4.89. The van der Waals surface area contributed by atoms with Crippen molar-refractivity contribution in [3.8, 4) is 0 Å². The minimum atomic E-state index is -0.0146. The molecule has 1 aromatic rings. The lowest BCUT2D eigenvalue weighted by molar-refractivity contribution is 0.649. The molecule has 5 heteroatoms. The van der Waals surface area contributed by atoms with Crippen molar-refractivity contribution in [1.82, 2.24) is 9.55 Å². The minimum absolute atomic E-state index is 0.0146. The maximum atomic E-state index is 11.9. The lowest BCUT2D eigenvalue weighted by Gasteiger charge is -2.07. The van der Waals surface area contributed by atoms with Crippen LogP contribution in [0, 0.1) is 0 Å². The molecule has 0 unspecified atom stereocenters. The number of unbranched alkanes of at least 4 members (excludes halogenated alkanes) is 1. The maximum Gasteiger partial charge on any atom is 0.293 e. The van der Waals surface area contributed by atoms with E-state index in [4.69, 9.17) is 0 Å². The zero-order valence-electron chi connectivity index (χ0n) is 10.6. The number of rotatable bonds is 8. The number of hydrogen-bond acceptors (Lipinski definition) is 4. The Balaban J connectivity index is 2.48. The molecule has 1 aromatic heterocycles. The van der Waals surface area contributed by atoms with Crippen molar-refractivity contribution in [3.05, 3.63) is 22.7 Å². The third-order valence-corrected chi connectivity index (χ3v) is 3.14. The van der Waals surface area contributed by atoms with Gasteiger partial charge in [0.1, 0.15) is 0 Å². The number of anilines is 1. The summed E-state index contributed by atoms with van der Waals surface area (Å²) in [5.74, 6) is 1.65. The fourth-order valence-corrected chi connectivity index (χ4v) is 2.06. The topological polar surface area (TPSA) is 46.9 Å². The van der Waals surface area contributed by atoms with E-state index in [9.17, 15) is 4.79 Å². The summed E-state index contributed by atoms with van der Waals surface area (Å²) in [5.41, 5.74) is -0.0146. The predicted octanol–water partition coefficient (Wildman–Crippen LogP) is 2.21. The average molecular weight is 255 g/mol. The van der Waals surface area contributed by atoms with Gasteiger partial charge in [-0.25, -0.2) is 4.98 Å². The molecule has 0 bridgehead atoms. The highest BCUT2D eigenvalue weighted by Crippen LogP contribution is 2.00. The quantitative estimate of drug-likeness (QED) is 0.723. The summed E-state index contributed by atoms with van der Waals surface area (Å²) in [6, 6.07) is 0. The van der Waals surface area contributed by atoms with Gasteiger partial charge in [-0.15, -0.1) is 0 Å². The van der Waals surface area contributed by atoms with Gasteiger partial charge in [-0.2, -0.15) is 11.8 Å². The van der Waals surface area contributed by atoms with Crippen molar-refractivity contribution in [3.63, 3.8) is 0 Å². The van der Waals surface area contributed by atoms with Gasteiger partial charge >= 0.3 is 0 Å². The van der Waals surface area contributed by atoms with E-state index in [0.29, 0.717) is 5.82 Å². The molecule has 0 atom stereocenters. The molecule has 0 aliphatic heterocycles. The first-order valence-corrected chi connectivity index (χ1v) is 7.47. The summed E-state index contributed by atoms with van der Waals surface area (Å²) in [4.78, 5) is 16.0. The van der Waals surface area contributed by atoms with E-state index >= 15 is 0 Å². The third kappa shape index (κ3) is 4.81. The molecule has 0 aliphatic carbocycles. The summed E-state index contributed by atoms with van der Waals surface area (Å²) in [7, 11) is 0. The van der Waals surface area contributed by atoms with Gasteiger partial charge in [0.25, 0.3) is 5.56 Å². The second kappa shape index (κ2) is 8.17. The van der Waals surface area contributed by atoms with Crippen molar-refractivity contribution in [2.75, 3.05) is 23.9 Å². The van der Waals surface area contributed by atoms with E-state index in [1.165, 1.54) is 12.2 Å². The molecule has 1 heterocycles. The van der Waals surface area contributed by atoms with Crippen LogP contribution in [-0.2, 0) is 6.54 Å². The largest absolute Gasteiger partial charge is 0.365 e. The Labute approximate surface area is 107 Å². The highest BCUT2D eigenvalue weighted by molar-refractivity contribution is 7.98. The van der Waals surface area contributed by atoms with E-state index in [2.05, 4.69) is 23.5 Å². The molecule has 0 aromatic carbocycles. The Hall–Kier alpha value is -0.970. The van der Waals surface area contributed by atoms with Gasteiger partial charge in [-0.3, -0.25) is 4.79 Å². The second-order valence-electron chi connectivity index (χ2n) is 3.90. The SMILES string of the molecule is CCCn1ccnc(NCCCCSC)c1=O. The lowest BCUT2D eigenvalue weighted by atomic mass is 10.3. The number of aryl methyl sites for hydroxylation is 1. The summed E-state index contributed by atoms with van der Waals surface area (Å²) in [6.07, 6.45) is 8.73. The Morgan fingerprint density at radius 1 is 1.47 bits per heavy atom.